The van der Waals surface area contributed by atoms with E-state index < -0.39 is 0 Å². The Morgan fingerprint density at radius 3 is 2.78 bits per heavy atom. The molecule has 1 aliphatic rings. The minimum atomic E-state index is 0.420. The third-order valence-electron chi connectivity index (χ3n) is 1.75. The van der Waals surface area contributed by atoms with Gasteiger partial charge in [0.15, 0.2) is 0 Å². The largest absolute Gasteiger partial charge is 0.0845 e. The highest BCUT2D eigenvalue weighted by atomic mass is 14.2. The molecule has 0 aromatic heterocycles. The average molecular weight is 122 g/mol. The van der Waals surface area contributed by atoms with Crippen LogP contribution in [-0.2, 0) is 0 Å². The first-order valence-corrected chi connectivity index (χ1v) is 3.55. The van der Waals surface area contributed by atoms with E-state index >= 15 is 0 Å². The lowest BCUT2D eigenvalue weighted by molar-refractivity contribution is 0.445. The third-order valence-corrected chi connectivity index (χ3v) is 1.75. The smallest absolute Gasteiger partial charge is 0.0169 e. The molecular weight excluding hydrogens is 108 g/mol. The van der Waals surface area contributed by atoms with Crippen molar-refractivity contribution in [1.82, 2.24) is 0 Å². The van der Waals surface area contributed by atoms with E-state index in [4.69, 9.17) is 0 Å². The quantitative estimate of drug-likeness (QED) is 0.463. The standard InChI is InChI=1S/C9H14/c1-9(2)7-5-3-4-6-8-9/h3-5,7H,6,8H2,1-2H3. The summed E-state index contributed by atoms with van der Waals surface area (Å²) in [5.74, 6) is 0. The van der Waals surface area contributed by atoms with Crippen LogP contribution >= 0.6 is 0 Å². The maximum Gasteiger partial charge on any atom is -0.0169 e. The lowest BCUT2D eigenvalue weighted by atomic mass is 9.89. The van der Waals surface area contributed by atoms with Crippen LogP contribution in [0, 0.1) is 5.41 Å². The van der Waals surface area contributed by atoms with Gasteiger partial charge in [0.1, 0.15) is 0 Å². The predicted octanol–water partition coefficient (Wildman–Crippen LogP) is 2.92. The lowest BCUT2D eigenvalue weighted by Crippen LogP contribution is -2.04. The Bertz CT molecular complexity index is 138. The van der Waals surface area contributed by atoms with Crippen molar-refractivity contribution in [3.63, 3.8) is 0 Å². The SMILES string of the molecule is CC1(C)C=CC=CCC1. The first kappa shape index (κ1) is 6.60. The topological polar surface area (TPSA) is 0 Å². The van der Waals surface area contributed by atoms with Gasteiger partial charge in [-0.25, -0.2) is 0 Å². The van der Waals surface area contributed by atoms with E-state index in [9.17, 15) is 0 Å². The Morgan fingerprint density at radius 2 is 2.00 bits per heavy atom. The second kappa shape index (κ2) is 2.38. The summed E-state index contributed by atoms with van der Waals surface area (Å²) in [7, 11) is 0. The van der Waals surface area contributed by atoms with Crippen LogP contribution in [0.4, 0.5) is 0 Å². The van der Waals surface area contributed by atoms with Crippen LogP contribution in [0.3, 0.4) is 0 Å². The number of rotatable bonds is 0. The Labute approximate surface area is 57.3 Å². The molecule has 0 unspecified atom stereocenters. The maximum atomic E-state index is 2.27. The van der Waals surface area contributed by atoms with Crippen molar-refractivity contribution in [3.05, 3.63) is 24.3 Å². The zero-order valence-electron chi connectivity index (χ0n) is 6.22. The van der Waals surface area contributed by atoms with E-state index in [1.165, 1.54) is 12.8 Å². The normalized spacial score (nSPS) is 23.8. The van der Waals surface area contributed by atoms with Crippen LogP contribution in [0.25, 0.3) is 0 Å². The second-order valence-electron chi connectivity index (χ2n) is 3.31. The molecule has 0 radical (unpaired) electrons. The van der Waals surface area contributed by atoms with Crippen LogP contribution in [0.15, 0.2) is 24.3 Å². The molecule has 0 bridgehead atoms. The monoisotopic (exact) mass is 122 g/mol. The molecule has 0 amide bonds. The Balaban J connectivity index is 2.62. The molecule has 0 spiro atoms. The molecule has 0 atom stereocenters. The summed E-state index contributed by atoms with van der Waals surface area (Å²) < 4.78 is 0. The van der Waals surface area contributed by atoms with Gasteiger partial charge >= 0.3 is 0 Å². The van der Waals surface area contributed by atoms with Crippen molar-refractivity contribution >= 4 is 0 Å². The molecule has 0 saturated carbocycles. The van der Waals surface area contributed by atoms with Gasteiger partial charge < -0.3 is 0 Å². The van der Waals surface area contributed by atoms with Crippen LogP contribution in [-0.4, -0.2) is 0 Å². The lowest BCUT2D eigenvalue weighted by Gasteiger charge is -2.16. The molecule has 50 valence electrons. The fourth-order valence-electron chi connectivity index (χ4n) is 1.03. The number of hydrogen-bond donors (Lipinski definition) is 0. The van der Waals surface area contributed by atoms with Crippen molar-refractivity contribution < 1.29 is 0 Å². The van der Waals surface area contributed by atoms with Crippen molar-refractivity contribution in [3.8, 4) is 0 Å². The first-order chi connectivity index (χ1) is 4.21. The highest BCUT2D eigenvalue weighted by molar-refractivity contribution is 5.10. The van der Waals surface area contributed by atoms with E-state index in [0.717, 1.165) is 0 Å². The summed E-state index contributed by atoms with van der Waals surface area (Å²) in [6.45, 7) is 4.55. The summed E-state index contributed by atoms with van der Waals surface area (Å²) in [6.07, 6.45) is 11.3. The van der Waals surface area contributed by atoms with E-state index in [2.05, 4.69) is 38.2 Å². The van der Waals surface area contributed by atoms with Gasteiger partial charge in [-0.2, -0.15) is 0 Å². The zero-order valence-corrected chi connectivity index (χ0v) is 6.22. The molecule has 0 aliphatic heterocycles. The van der Waals surface area contributed by atoms with Crippen molar-refractivity contribution in [2.45, 2.75) is 26.7 Å². The maximum absolute atomic E-state index is 2.27. The Kier molecular flexibility index (Phi) is 1.75. The summed E-state index contributed by atoms with van der Waals surface area (Å²) >= 11 is 0. The molecule has 0 saturated heterocycles. The molecule has 0 aromatic rings. The van der Waals surface area contributed by atoms with E-state index in [1.807, 2.05) is 0 Å². The molecule has 1 aliphatic carbocycles. The van der Waals surface area contributed by atoms with Gasteiger partial charge in [-0.15, -0.1) is 0 Å². The van der Waals surface area contributed by atoms with Crippen molar-refractivity contribution in [2.75, 3.05) is 0 Å². The fourth-order valence-corrected chi connectivity index (χ4v) is 1.03. The van der Waals surface area contributed by atoms with Crippen LogP contribution in [0.1, 0.15) is 26.7 Å². The van der Waals surface area contributed by atoms with Gasteiger partial charge in [0.25, 0.3) is 0 Å². The predicted molar refractivity (Wildman–Crippen MR) is 41.3 cm³/mol. The van der Waals surface area contributed by atoms with Gasteiger partial charge in [0.2, 0.25) is 0 Å². The zero-order chi connectivity index (χ0) is 6.74. The minimum Gasteiger partial charge on any atom is -0.0845 e. The number of hydrogen-bond acceptors (Lipinski definition) is 0. The second-order valence-corrected chi connectivity index (χ2v) is 3.31. The molecular formula is C9H14. The first-order valence-electron chi connectivity index (χ1n) is 3.55. The molecule has 0 nitrogen and oxygen atoms in total. The van der Waals surface area contributed by atoms with E-state index in [-0.39, 0.29) is 0 Å². The van der Waals surface area contributed by atoms with Crippen LogP contribution in [0.5, 0.6) is 0 Å². The Morgan fingerprint density at radius 1 is 1.22 bits per heavy atom. The van der Waals surface area contributed by atoms with Gasteiger partial charge in [-0.05, 0) is 18.3 Å². The summed E-state index contributed by atoms with van der Waals surface area (Å²) in [5, 5.41) is 0. The van der Waals surface area contributed by atoms with Gasteiger partial charge in [0.05, 0.1) is 0 Å². The number of allylic oxidation sites excluding steroid dienone is 4. The molecule has 9 heavy (non-hydrogen) atoms. The molecule has 0 fully saturated rings. The van der Waals surface area contributed by atoms with Crippen LogP contribution in [0.2, 0.25) is 0 Å². The van der Waals surface area contributed by atoms with Gasteiger partial charge in [-0.1, -0.05) is 38.2 Å². The summed E-state index contributed by atoms with van der Waals surface area (Å²) in [4.78, 5) is 0. The Hall–Kier alpha value is -0.520. The average Bonchev–Trinajstić information content (AvgIpc) is 1.92. The summed E-state index contributed by atoms with van der Waals surface area (Å²) in [5.41, 5.74) is 0.420. The molecule has 1 rings (SSSR count). The highest BCUT2D eigenvalue weighted by Gasteiger charge is 2.12. The van der Waals surface area contributed by atoms with E-state index in [1.54, 1.807) is 0 Å². The minimum absolute atomic E-state index is 0.420. The van der Waals surface area contributed by atoms with Gasteiger partial charge in [-0.3, -0.25) is 0 Å². The van der Waals surface area contributed by atoms with Crippen molar-refractivity contribution in [1.29, 1.82) is 0 Å². The molecule has 0 N–H and O–H groups in total. The van der Waals surface area contributed by atoms with Gasteiger partial charge in [0, 0.05) is 0 Å². The molecule has 0 aromatic carbocycles. The highest BCUT2D eigenvalue weighted by Crippen LogP contribution is 2.25. The fraction of sp³-hybridized carbons (Fsp3) is 0.556. The van der Waals surface area contributed by atoms with Crippen LogP contribution < -0.4 is 0 Å². The molecule has 0 heterocycles. The molecule has 0 heteroatoms. The summed E-state index contributed by atoms with van der Waals surface area (Å²) in [6, 6.07) is 0. The van der Waals surface area contributed by atoms with E-state index in [0.29, 0.717) is 5.41 Å². The van der Waals surface area contributed by atoms with Crippen molar-refractivity contribution in [2.24, 2.45) is 5.41 Å². The third kappa shape index (κ3) is 2.05.